The molecule has 0 saturated carbocycles. The second kappa shape index (κ2) is 11.6. The number of carbonyl (C=O) groups is 1. The van der Waals surface area contributed by atoms with Gasteiger partial charge >= 0.3 is 0 Å². The number of nitrogens with one attached hydrogen (secondary N) is 1. The number of rotatable bonds is 12. The van der Waals surface area contributed by atoms with E-state index in [9.17, 15) is 14.9 Å². The number of ether oxygens (including phenoxy) is 4. The Morgan fingerprint density at radius 1 is 1.07 bits per heavy atom. The van der Waals surface area contributed by atoms with Gasteiger partial charge in [-0.15, -0.1) is 0 Å². The Bertz CT molecular complexity index is 870. The number of hydrogen-bond acceptors (Lipinski definition) is 7. The molecule has 0 aromatic heterocycles. The Hall–Kier alpha value is -3.33. The van der Waals surface area contributed by atoms with Gasteiger partial charge in [-0.1, -0.05) is 12.1 Å². The van der Waals surface area contributed by atoms with Gasteiger partial charge in [0.1, 0.15) is 17.9 Å². The van der Waals surface area contributed by atoms with E-state index in [1.54, 1.807) is 0 Å². The average molecular weight is 418 g/mol. The highest BCUT2D eigenvalue weighted by molar-refractivity contribution is 5.99. The number of carbonyl (C=O) groups excluding carboxylic acids is 1. The summed E-state index contributed by atoms with van der Waals surface area (Å²) in [5, 5.41) is 14.1. The predicted molar refractivity (Wildman–Crippen MR) is 111 cm³/mol. The molecule has 0 fully saturated rings. The number of nitro benzene ring substituents is 1. The molecule has 9 heteroatoms. The van der Waals surface area contributed by atoms with Crippen LogP contribution in [0.25, 0.3) is 0 Å². The van der Waals surface area contributed by atoms with Crippen LogP contribution in [0.2, 0.25) is 0 Å². The van der Waals surface area contributed by atoms with Crippen molar-refractivity contribution in [2.24, 2.45) is 0 Å². The maximum absolute atomic E-state index is 12.5. The summed E-state index contributed by atoms with van der Waals surface area (Å²) >= 11 is 0. The monoisotopic (exact) mass is 418 g/mol. The Balaban J connectivity index is 1.98. The fraction of sp³-hybridized carbons (Fsp3) is 0.381. The van der Waals surface area contributed by atoms with Crippen molar-refractivity contribution in [3.8, 4) is 17.2 Å². The minimum absolute atomic E-state index is 0.101. The summed E-state index contributed by atoms with van der Waals surface area (Å²) < 4.78 is 21.2. The Morgan fingerprint density at radius 3 is 2.53 bits per heavy atom. The van der Waals surface area contributed by atoms with Crippen molar-refractivity contribution in [3.05, 3.63) is 57.6 Å². The topological polar surface area (TPSA) is 109 Å². The van der Waals surface area contributed by atoms with Gasteiger partial charge < -0.3 is 24.3 Å². The van der Waals surface area contributed by atoms with Crippen LogP contribution in [0, 0.1) is 17.0 Å². The van der Waals surface area contributed by atoms with Crippen LogP contribution >= 0.6 is 0 Å². The van der Waals surface area contributed by atoms with Crippen molar-refractivity contribution in [2.75, 3.05) is 40.6 Å². The predicted octanol–water partition coefficient (Wildman–Crippen LogP) is 3.14. The second-order valence-electron chi connectivity index (χ2n) is 6.39. The lowest BCUT2D eigenvalue weighted by Crippen LogP contribution is -2.26. The highest BCUT2D eigenvalue weighted by atomic mass is 16.6. The Morgan fingerprint density at radius 2 is 1.87 bits per heavy atom. The fourth-order valence-corrected chi connectivity index (χ4v) is 2.65. The second-order valence-corrected chi connectivity index (χ2v) is 6.39. The van der Waals surface area contributed by atoms with Crippen LogP contribution in [0.5, 0.6) is 17.2 Å². The van der Waals surface area contributed by atoms with E-state index in [1.807, 2.05) is 31.2 Å². The first-order valence-electron chi connectivity index (χ1n) is 9.42. The molecule has 162 valence electrons. The van der Waals surface area contributed by atoms with Crippen LogP contribution in [0.15, 0.2) is 36.4 Å². The Kier molecular flexibility index (Phi) is 8.89. The van der Waals surface area contributed by atoms with Crippen molar-refractivity contribution >= 4 is 11.6 Å². The van der Waals surface area contributed by atoms with Crippen LogP contribution in [0.3, 0.4) is 0 Å². The quantitative estimate of drug-likeness (QED) is 0.320. The molecule has 0 spiro atoms. The molecular weight excluding hydrogens is 392 g/mol. The van der Waals surface area contributed by atoms with Crippen LogP contribution < -0.4 is 19.5 Å². The van der Waals surface area contributed by atoms with E-state index in [4.69, 9.17) is 18.9 Å². The highest BCUT2D eigenvalue weighted by Crippen LogP contribution is 2.34. The van der Waals surface area contributed by atoms with Crippen molar-refractivity contribution in [1.29, 1.82) is 0 Å². The van der Waals surface area contributed by atoms with Crippen molar-refractivity contribution in [3.63, 3.8) is 0 Å². The molecule has 0 heterocycles. The van der Waals surface area contributed by atoms with Gasteiger partial charge in [-0.2, -0.15) is 0 Å². The SMILES string of the molecule is COCCOc1cc([N+](=O)[O-])c(C(=O)NCCCOc2cccc(C)c2)cc1OC. The molecular formula is C21H26N2O7. The summed E-state index contributed by atoms with van der Waals surface area (Å²) in [4.78, 5) is 23.3. The first-order chi connectivity index (χ1) is 14.5. The van der Waals surface area contributed by atoms with Gasteiger partial charge in [0.15, 0.2) is 11.5 Å². The van der Waals surface area contributed by atoms with Crippen molar-refractivity contribution in [1.82, 2.24) is 5.32 Å². The van der Waals surface area contributed by atoms with Crippen LogP contribution in [0.4, 0.5) is 5.69 Å². The third-order valence-corrected chi connectivity index (χ3v) is 4.13. The summed E-state index contributed by atoms with van der Waals surface area (Å²) in [6, 6.07) is 10.1. The molecule has 0 atom stereocenters. The molecule has 0 saturated heterocycles. The van der Waals surface area contributed by atoms with Gasteiger partial charge in [0.25, 0.3) is 11.6 Å². The molecule has 9 nitrogen and oxygen atoms in total. The molecule has 0 aliphatic heterocycles. The van der Waals surface area contributed by atoms with Crippen LogP contribution in [-0.4, -0.2) is 51.4 Å². The number of nitro groups is 1. The van der Waals surface area contributed by atoms with Gasteiger partial charge in [-0.25, -0.2) is 0 Å². The smallest absolute Gasteiger partial charge is 0.286 e. The lowest BCUT2D eigenvalue weighted by atomic mass is 10.1. The molecule has 0 aliphatic carbocycles. The first-order valence-corrected chi connectivity index (χ1v) is 9.42. The van der Waals surface area contributed by atoms with E-state index >= 15 is 0 Å². The number of amides is 1. The lowest BCUT2D eigenvalue weighted by Gasteiger charge is -2.13. The molecule has 0 aliphatic rings. The van der Waals surface area contributed by atoms with E-state index < -0.39 is 10.8 Å². The number of aryl methyl sites for hydroxylation is 1. The van der Waals surface area contributed by atoms with Crippen molar-refractivity contribution < 1.29 is 28.7 Å². The van der Waals surface area contributed by atoms with Gasteiger partial charge in [0.05, 0.1) is 31.3 Å². The molecule has 0 bridgehead atoms. The summed E-state index contributed by atoms with van der Waals surface area (Å²) in [7, 11) is 2.91. The van der Waals surface area contributed by atoms with Crippen LogP contribution in [0.1, 0.15) is 22.3 Å². The highest BCUT2D eigenvalue weighted by Gasteiger charge is 2.24. The largest absolute Gasteiger partial charge is 0.494 e. The molecule has 1 N–H and O–H groups in total. The molecule has 0 unspecified atom stereocenters. The number of hydrogen-bond donors (Lipinski definition) is 1. The summed E-state index contributed by atoms with van der Waals surface area (Å²) in [6.07, 6.45) is 0.544. The normalized spacial score (nSPS) is 10.4. The average Bonchev–Trinajstić information content (AvgIpc) is 2.73. The maximum atomic E-state index is 12.5. The number of methoxy groups -OCH3 is 2. The molecule has 2 aromatic rings. The van der Waals surface area contributed by atoms with E-state index in [0.29, 0.717) is 26.2 Å². The number of nitrogens with zero attached hydrogens (tertiary/aromatic N) is 1. The van der Waals surface area contributed by atoms with Crippen molar-refractivity contribution in [2.45, 2.75) is 13.3 Å². The number of benzene rings is 2. The van der Waals surface area contributed by atoms with E-state index in [-0.39, 0.29) is 29.4 Å². The standard InChI is InChI=1S/C21H26N2O7/c1-15-6-4-7-16(12-15)29-9-5-8-22-21(24)17-13-19(28-3)20(30-11-10-27-2)14-18(17)23(25)26/h4,6-7,12-14H,5,8-11H2,1-3H3,(H,22,24). The van der Waals surface area contributed by atoms with E-state index in [2.05, 4.69) is 5.32 Å². The molecule has 2 rings (SSSR count). The molecule has 30 heavy (non-hydrogen) atoms. The summed E-state index contributed by atoms with van der Waals surface area (Å²) in [5.41, 5.74) is 0.629. The molecule has 0 radical (unpaired) electrons. The maximum Gasteiger partial charge on any atom is 0.286 e. The third kappa shape index (κ3) is 6.63. The zero-order chi connectivity index (χ0) is 21.9. The van der Waals surface area contributed by atoms with Gasteiger partial charge in [0, 0.05) is 19.7 Å². The molecule has 2 aromatic carbocycles. The molecule has 1 amide bonds. The van der Waals surface area contributed by atoms with Gasteiger partial charge in [0.2, 0.25) is 0 Å². The third-order valence-electron chi connectivity index (χ3n) is 4.13. The van der Waals surface area contributed by atoms with Gasteiger partial charge in [-0.05, 0) is 31.0 Å². The fourth-order valence-electron chi connectivity index (χ4n) is 2.65. The summed E-state index contributed by atoms with van der Waals surface area (Å²) in [5.74, 6) is 0.582. The minimum atomic E-state index is -0.627. The van der Waals surface area contributed by atoms with E-state index in [1.165, 1.54) is 26.4 Å². The van der Waals surface area contributed by atoms with Crippen LogP contribution in [-0.2, 0) is 4.74 Å². The zero-order valence-corrected chi connectivity index (χ0v) is 17.3. The Labute approximate surface area is 175 Å². The first kappa shape index (κ1) is 23.0. The summed E-state index contributed by atoms with van der Waals surface area (Å²) in [6.45, 7) is 3.18. The zero-order valence-electron chi connectivity index (χ0n) is 17.3. The lowest BCUT2D eigenvalue weighted by molar-refractivity contribution is -0.385. The van der Waals surface area contributed by atoms with Gasteiger partial charge in [-0.3, -0.25) is 14.9 Å². The minimum Gasteiger partial charge on any atom is -0.494 e. The van der Waals surface area contributed by atoms with E-state index in [0.717, 1.165) is 11.3 Å².